The topological polar surface area (TPSA) is 38.8 Å². The molecule has 1 heterocycles. The van der Waals surface area contributed by atoms with E-state index in [0.717, 1.165) is 25.9 Å². The van der Waals surface area contributed by atoms with Gasteiger partial charge in [-0.15, -0.1) is 0 Å². The minimum Gasteiger partial charge on any atom is -0.353 e. The Bertz CT molecular complexity index is 232. The maximum absolute atomic E-state index is 11.2. The van der Waals surface area contributed by atoms with Gasteiger partial charge in [0.25, 0.3) is 0 Å². The van der Waals surface area contributed by atoms with Gasteiger partial charge in [-0.1, -0.05) is 6.08 Å². The van der Waals surface area contributed by atoms with E-state index in [1.54, 1.807) is 25.1 Å². The first kappa shape index (κ1) is 13.2. The van der Waals surface area contributed by atoms with Crippen LogP contribution in [0, 0.1) is 0 Å². The fraction of sp³-hybridized carbons (Fsp3) is 0.750. The number of amides is 1. The smallest absolute Gasteiger partial charge is 0.245 e. The first-order valence-corrected chi connectivity index (χ1v) is 5.81. The van der Waals surface area contributed by atoms with Crippen molar-refractivity contribution in [2.75, 3.05) is 27.3 Å². The largest absolute Gasteiger partial charge is 0.353 e. The zero-order valence-electron chi connectivity index (χ0n) is 10.1. The van der Waals surface area contributed by atoms with Gasteiger partial charge in [0.1, 0.15) is 0 Å². The molecule has 1 saturated heterocycles. The minimum absolute atomic E-state index is 0.00826. The summed E-state index contributed by atoms with van der Waals surface area (Å²) in [6, 6.07) is 0. The lowest BCUT2D eigenvalue weighted by Gasteiger charge is -2.22. The number of nitrogens with zero attached hydrogens (tertiary/aromatic N) is 1. The van der Waals surface area contributed by atoms with Crippen molar-refractivity contribution in [3.63, 3.8) is 0 Å². The van der Waals surface area contributed by atoms with Gasteiger partial charge < -0.3 is 14.4 Å². The van der Waals surface area contributed by atoms with E-state index in [-0.39, 0.29) is 12.2 Å². The standard InChI is InChI=1S/C12H21NO3/c1-13(2)11(14)7-3-5-9-15-12-8-4-6-10-16-12/h3,7,12H,4-6,8-10H2,1-2H3/b7-3+. The summed E-state index contributed by atoms with van der Waals surface area (Å²) in [5, 5.41) is 0. The van der Waals surface area contributed by atoms with Crippen LogP contribution in [0.15, 0.2) is 12.2 Å². The summed E-state index contributed by atoms with van der Waals surface area (Å²) in [6.45, 7) is 1.42. The first-order valence-electron chi connectivity index (χ1n) is 5.81. The highest BCUT2D eigenvalue weighted by molar-refractivity contribution is 5.87. The van der Waals surface area contributed by atoms with Crippen LogP contribution < -0.4 is 0 Å². The van der Waals surface area contributed by atoms with E-state index in [1.165, 1.54) is 6.42 Å². The molecular formula is C12H21NO3. The van der Waals surface area contributed by atoms with E-state index in [0.29, 0.717) is 6.61 Å². The molecule has 1 rings (SSSR count). The number of hydrogen-bond acceptors (Lipinski definition) is 3. The normalized spacial score (nSPS) is 21.2. The molecule has 4 heteroatoms. The molecule has 1 amide bonds. The summed E-state index contributed by atoms with van der Waals surface area (Å²) in [4.78, 5) is 12.7. The van der Waals surface area contributed by atoms with Gasteiger partial charge in [0.2, 0.25) is 5.91 Å². The molecule has 0 bridgehead atoms. The first-order chi connectivity index (χ1) is 7.70. The second-order valence-electron chi connectivity index (χ2n) is 4.09. The van der Waals surface area contributed by atoms with E-state index < -0.39 is 0 Å². The highest BCUT2D eigenvalue weighted by Gasteiger charge is 2.12. The third-order valence-corrected chi connectivity index (χ3v) is 2.43. The summed E-state index contributed by atoms with van der Waals surface area (Å²) >= 11 is 0. The van der Waals surface area contributed by atoms with Crippen LogP contribution in [0.5, 0.6) is 0 Å². The molecule has 0 aromatic rings. The second kappa shape index (κ2) is 7.41. The Balaban J connectivity index is 2.04. The summed E-state index contributed by atoms with van der Waals surface area (Å²) in [7, 11) is 3.47. The average Bonchev–Trinajstić information content (AvgIpc) is 2.29. The molecule has 1 aliphatic rings. The number of carbonyl (C=O) groups excluding carboxylic acids is 1. The van der Waals surface area contributed by atoms with Crippen molar-refractivity contribution in [1.82, 2.24) is 4.90 Å². The van der Waals surface area contributed by atoms with Crippen molar-refractivity contribution in [1.29, 1.82) is 0 Å². The number of likely N-dealkylation sites (N-methyl/N-ethyl adjacent to an activating group) is 1. The molecule has 4 nitrogen and oxygen atoms in total. The van der Waals surface area contributed by atoms with Crippen LogP contribution in [0.2, 0.25) is 0 Å². The molecule has 0 aliphatic carbocycles. The van der Waals surface area contributed by atoms with Crippen LogP contribution in [0.3, 0.4) is 0 Å². The average molecular weight is 227 g/mol. The van der Waals surface area contributed by atoms with Crippen molar-refractivity contribution >= 4 is 5.91 Å². The second-order valence-corrected chi connectivity index (χ2v) is 4.09. The summed E-state index contributed by atoms with van der Waals surface area (Å²) in [5.74, 6) is 0.00826. The molecule has 0 N–H and O–H groups in total. The zero-order chi connectivity index (χ0) is 11.8. The third-order valence-electron chi connectivity index (χ3n) is 2.43. The van der Waals surface area contributed by atoms with Gasteiger partial charge in [0.05, 0.1) is 6.61 Å². The van der Waals surface area contributed by atoms with Crippen molar-refractivity contribution in [2.24, 2.45) is 0 Å². The molecule has 92 valence electrons. The minimum atomic E-state index is -0.0355. The fourth-order valence-electron chi connectivity index (χ4n) is 1.44. The number of ether oxygens (including phenoxy) is 2. The van der Waals surface area contributed by atoms with Gasteiger partial charge in [0, 0.05) is 20.7 Å². The Morgan fingerprint density at radius 1 is 1.50 bits per heavy atom. The van der Waals surface area contributed by atoms with Crippen LogP contribution >= 0.6 is 0 Å². The van der Waals surface area contributed by atoms with Crippen LogP contribution in [-0.2, 0) is 14.3 Å². The van der Waals surface area contributed by atoms with Gasteiger partial charge in [-0.05, 0) is 31.8 Å². The molecule has 0 aromatic heterocycles. The number of carbonyl (C=O) groups is 1. The van der Waals surface area contributed by atoms with Gasteiger partial charge in [-0.25, -0.2) is 0 Å². The van der Waals surface area contributed by atoms with Gasteiger partial charge >= 0.3 is 0 Å². The summed E-state index contributed by atoms with van der Waals surface area (Å²) in [6.07, 6.45) is 7.43. The van der Waals surface area contributed by atoms with Gasteiger partial charge in [0.15, 0.2) is 6.29 Å². The molecule has 1 aliphatic heterocycles. The third kappa shape index (κ3) is 5.28. The zero-order valence-corrected chi connectivity index (χ0v) is 10.1. The van der Waals surface area contributed by atoms with Crippen molar-refractivity contribution < 1.29 is 14.3 Å². The highest BCUT2D eigenvalue weighted by Crippen LogP contribution is 2.13. The molecule has 0 radical (unpaired) electrons. The molecular weight excluding hydrogens is 206 g/mol. The fourth-order valence-corrected chi connectivity index (χ4v) is 1.44. The van der Waals surface area contributed by atoms with E-state index >= 15 is 0 Å². The van der Waals surface area contributed by atoms with Crippen LogP contribution in [0.25, 0.3) is 0 Å². The summed E-state index contributed by atoms with van der Waals surface area (Å²) in [5.41, 5.74) is 0. The monoisotopic (exact) mass is 227 g/mol. The van der Waals surface area contributed by atoms with Crippen LogP contribution in [0.1, 0.15) is 25.7 Å². The van der Waals surface area contributed by atoms with E-state index in [4.69, 9.17) is 9.47 Å². The lowest BCUT2D eigenvalue weighted by molar-refractivity contribution is -0.161. The van der Waals surface area contributed by atoms with Crippen molar-refractivity contribution in [3.8, 4) is 0 Å². The van der Waals surface area contributed by atoms with Crippen molar-refractivity contribution in [2.45, 2.75) is 32.0 Å². The molecule has 1 fully saturated rings. The molecule has 1 unspecified atom stereocenters. The molecule has 16 heavy (non-hydrogen) atoms. The number of rotatable bonds is 5. The van der Waals surface area contributed by atoms with E-state index in [2.05, 4.69) is 0 Å². The molecule has 0 spiro atoms. The Labute approximate surface area is 97.2 Å². The molecule has 0 aromatic carbocycles. The Morgan fingerprint density at radius 2 is 2.31 bits per heavy atom. The lowest BCUT2D eigenvalue weighted by atomic mass is 10.2. The SMILES string of the molecule is CN(C)C(=O)/C=C/CCOC1CCCCO1. The quantitative estimate of drug-likeness (QED) is 0.528. The molecule has 0 saturated carbocycles. The van der Waals surface area contributed by atoms with Crippen LogP contribution in [-0.4, -0.2) is 44.4 Å². The predicted octanol–water partition coefficient (Wildman–Crippen LogP) is 1.56. The van der Waals surface area contributed by atoms with Crippen LogP contribution in [0.4, 0.5) is 0 Å². The van der Waals surface area contributed by atoms with Gasteiger partial charge in [-0.2, -0.15) is 0 Å². The number of hydrogen-bond donors (Lipinski definition) is 0. The maximum Gasteiger partial charge on any atom is 0.245 e. The Kier molecular flexibility index (Phi) is 6.11. The van der Waals surface area contributed by atoms with E-state index in [1.807, 2.05) is 6.08 Å². The van der Waals surface area contributed by atoms with E-state index in [9.17, 15) is 4.79 Å². The Morgan fingerprint density at radius 3 is 2.94 bits per heavy atom. The summed E-state index contributed by atoms with van der Waals surface area (Å²) < 4.78 is 10.9. The highest BCUT2D eigenvalue weighted by atomic mass is 16.7. The molecule has 1 atom stereocenters. The maximum atomic E-state index is 11.2. The van der Waals surface area contributed by atoms with Crippen molar-refractivity contribution in [3.05, 3.63) is 12.2 Å². The Hall–Kier alpha value is -0.870. The predicted molar refractivity (Wildman–Crippen MR) is 62.0 cm³/mol. The lowest BCUT2D eigenvalue weighted by Crippen LogP contribution is -2.22. The van der Waals surface area contributed by atoms with Gasteiger partial charge in [-0.3, -0.25) is 4.79 Å².